The first-order valence-electron chi connectivity index (χ1n) is 13.2. The summed E-state index contributed by atoms with van der Waals surface area (Å²) in [7, 11) is 0. The lowest BCUT2D eigenvalue weighted by Gasteiger charge is -2.36. The largest absolute Gasteiger partial charge is 0.462 e. The summed E-state index contributed by atoms with van der Waals surface area (Å²) >= 11 is 0. The number of benzene rings is 1. The number of pyridine rings is 2. The van der Waals surface area contributed by atoms with Crippen LogP contribution >= 0.6 is 0 Å². The van der Waals surface area contributed by atoms with Crippen LogP contribution in [0.3, 0.4) is 0 Å². The van der Waals surface area contributed by atoms with E-state index in [0.29, 0.717) is 30.9 Å². The van der Waals surface area contributed by atoms with Crippen molar-refractivity contribution < 1.29 is 18.7 Å². The number of rotatable bonds is 6. The van der Waals surface area contributed by atoms with Gasteiger partial charge in [-0.3, -0.25) is 14.1 Å². The molecule has 2 aromatic heterocycles. The molecule has 8 heteroatoms. The summed E-state index contributed by atoms with van der Waals surface area (Å²) < 4.78 is 28.4. The van der Waals surface area contributed by atoms with Crippen LogP contribution in [0.5, 0.6) is 0 Å². The molecule has 0 unspecified atom stereocenters. The standard InChI is InChI=1S/C29H32FN3O4/c1-3-36-29(35)22-13-21(20-9-10-20)26-18(2)27(23(30)15-33(26)28(22)34)32-16-24-25(17-32)37-12-11-31(24)14-19-7-5-4-6-8-19/h4-8,13,15,20,24-25H,3,9-12,14,16-17H2,1-2H3/t24-,25+/m1/s1. The molecule has 1 aliphatic carbocycles. The predicted molar refractivity (Wildman–Crippen MR) is 139 cm³/mol. The molecule has 2 atom stereocenters. The van der Waals surface area contributed by atoms with Crippen molar-refractivity contribution in [3.05, 3.63) is 81.0 Å². The van der Waals surface area contributed by atoms with Gasteiger partial charge >= 0.3 is 5.97 Å². The zero-order valence-electron chi connectivity index (χ0n) is 21.3. The van der Waals surface area contributed by atoms with Crippen LogP contribution < -0.4 is 10.5 Å². The molecule has 3 aliphatic rings. The van der Waals surface area contributed by atoms with Gasteiger partial charge in [0.2, 0.25) is 0 Å². The summed E-state index contributed by atoms with van der Waals surface area (Å²) in [5, 5.41) is 0. The molecule has 0 N–H and O–H groups in total. The van der Waals surface area contributed by atoms with E-state index in [9.17, 15) is 9.59 Å². The first-order valence-corrected chi connectivity index (χ1v) is 13.2. The molecule has 0 bridgehead atoms. The lowest BCUT2D eigenvalue weighted by molar-refractivity contribution is -0.0499. The molecular weight excluding hydrogens is 473 g/mol. The van der Waals surface area contributed by atoms with E-state index in [1.807, 2.05) is 13.0 Å². The van der Waals surface area contributed by atoms with Crippen LogP contribution in [-0.2, 0) is 16.0 Å². The van der Waals surface area contributed by atoms with Crippen molar-refractivity contribution in [1.29, 1.82) is 0 Å². The smallest absolute Gasteiger partial charge is 0.343 e. The Morgan fingerprint density at radius 2 is 1.97 bits per heavy atom. The van der Waals surface area contributed by atoms with Crippen molar-refractivity contribution in [1.82, 2.24) is 9.30 Å². The molecule has 2 saturated heterocycles. The molecule has 1 aromatic carbocycles. The Labute approximate surface area is 215 Å². The molecule has 3 fully saturated rings. The Morgan fingerprint density at radius 3 is 2.70 bits per heavy atom. The number of anilines is 1. The van der Waals surface area contributed by atoms with Gasteiger partial charge < -0.3 is 14.4 Å². The average molecular weight is 506 g/mol. The minimum atomic E-state index is -0.662. The third kappa shape index (κ3) is 4.32. The second kappa shape index (κ2) is 9.58. The number of carbonyl (C=O) groups is 1. The minimum Gasteiger partial charge on any atom is -0.462 e. The van der Waals surface area contributed by atoms with Gasteiger partial charge in [-0.1, -0.05) is 30.3 Å². The normalized spacial score (nSPS) is 21.9. The Hall–Kier alpha value is -3.23. The molecular formula is C29H32FN3O4. The van der Waals surface area contributed by atoms with E-state index in [2.05, 4.69) is 34.1 Å². The van der Waals surface area contributed by atoms with Gasteiger partial charge in [0.15, 0.2) is 5.82 Å². The number of carbonyl (C=O) groups excluding carboxylic acids is 1. The van der Waals surface area contributed by atoms with Gasteiger partial charge in [0, 0.05) is 26.2 Å². The number of hydrogen-bond donors (Lipinski definition) is 0. The Kier molecular flexibility index (Phi) is 6.24. The number of aromatic nitrogens is 1. The Bertz CT molecular complexity index is 1400. The minimum absolute atomic E-state index is 0.0104. The number of ether oxygens (including phenoxy) is 2. The number of esters is 1. The maximum atomic E-state index is 15.8. The van der Waals surface area contributed by atoms with Crippen LogP contribution in [0.4, 0.5) is 10.1 Å². The van der Waals surface area contributed by atoms with Crippen molar-refractivity contribution in [2.24, 2.45) is 0 Å². The molecule has 0 radical (unpaired) electrons. The summed E-state index contributed by atoms with van der Waals surface area (Å²) in [6.07, 6.45) is 3.21. The number of morpholine rings is 1. The lowest BCUT2D eigenvalue weighted by atomic mass is 10.0. The molecule has 3 aromatic rings. The highest BCUT2D eigenvalue weighted by Crippen LogP contribution is 2.44. The predicted octanol–water partition coefficient (Wildman–Crippen LogP) is 3.89. The van der Waals surface area contributed by atoms with Crippen LogP contribution in [0.1, 0.15) is 52.7 Å². The highest BCUT2D eigenvalue weighted by atomic mass is 19.1. The zero-order chi connectivity index (χ0) is 25.7. The van der Waals surface area contributed by atoms with Crippen molar-refractivity contribution >= 4 is 17.2 Å². The van der Waals surface area contributed by atoms with E-state index in [1.54, 1.807) is 13.0 Å². The van der Waals surface area contributed by atoms with E-state index in [0.717, 1.165) is 37.1 Å². The molecule has 2 aliphatic heterocycles. The monoisotopic (exact) mass is 505 g/mol. The van der Waals surface area contributed by atoms with Gasteiger partial charge in [-0.2, -0.15) is 0 Å². The Morgan fingerprint density at radius 1 is 1.19 bits per heavy atom. The van der Waals surface area contributed by atoms with Gasteiger partial charge in [-0.15, -0.1) is 0 Å². The van der Waals surface area contributed by atoms with E-state index in [4.69, 9.17) is 9.47 Å². The van der Waals surface area contributed by atoms with Crippen molar-refractivity contribution in [2.75, 3.05) is 37.7 Å². The van der Waals surface area contributed by atoms with E-state index in [1.165, 1.54) is 16.2 Å². The summed E-state index contributed by atoms with van der Waals surface area (Å²) in [6, 6.07) is 12.2. The third-order valence-electron chi connectivity index (χ3n) is 7.92. The van der Waals surface area contributed by atoms with Crippen molar-refractivity contribution in [3.8, 4) is 0 Å². The van der Waals surface area contributed by atoms with E-state index < -0.39 is 17.3 Å². The topological polar surface area (TPSA) is 63.5 Å². The molecule has 4 heterocycles. The second-order valence-corrected chi connectivity index (χ2v) is 10.3. The molecule has 1 saturated carbocycles. The fraction of sp³-hybridized carbons (Fsp3) is 0.448. The van der Waals surface area contributed by atoms with Crippen molar-refractivity contribution in [2.45, 2.75) is 51.3 Å². The number of nitrogens with zero attached hydrogens (tertiary/aromatic N) is 3. The summed E-state index contributed by atoms with van der Waals surface area (Å²) in [5.41, 5.74) is 3.53. The number of aryl methyl sites for hydroxylation is 1. The lowest BCUT2D eigenvalue weighted by Crippen LogP contribution is -2.50. The maximum absolute atomic E-state index is 15.8. The summed E-state index contributed by atoms with van der Waals surface area (Å²) in [4.78, 5) is 30.3. The van der Waals surface area contributed by atoms with Gasteiger partial charge in [-0.05, 0) is 55.4 Å². The number of hydrogen-bond acceptors (Lipinski definition) is 6. The molecule has 37 heavy (non-hydrogen) atoms. The maximum Gasteiger partial charge on any atom is 0.343 e. The van der Waals surface area contributed by atoms with Gasteiger partial charge in [0.05, 0.1) is 42.8 Å². The summed E-state index contributed by atoms with van der Waals surface area (Å²) in [5.74, 6) is -0.875. The molecule has 6 rings (SSSR count). The number of halogens is 1. The van der Waals surface area contributed by atoms with Crippen LogP contribution in [0, 0.1) is 12.7 Å². The summed E-state index contributed by atoms with van der Waals surface area (Å²) in [6.45, 7) is 7.31. The Balaban J connectivity index is 1.38. The molecule has 7 nitrogen and oxygen atoms in total. The number of fused-ring (bicyclic) bond motifs is 2. The fourth-order valence-corrected chi connectivity index (χ4v) is 6.05. The fourth-order valence-electron chi connectivity index (χ4n) is 6.05. The van der Waals surface area contributed by atoms with E-state index in [-0.39, 0.29) is 30.2 Å². The second-order valence-electron chi connectivity index (χ2n) is 10.3. The van der Waals surface area contributed by atoms with Gasteiger partial charge in [0.1, 0.15) is 5.56 Å². The highest BCUT2D eigenvalue weighted by molar-refractivity contribution is 5.90. The molecule has 194 valence electrons. The third-order valence-corrected chi connectivity index (χ3v) is 7.92. The molecule has 0 amide bonds. The van der Waals surface area contributed by atoms with Crippen LogP contribution in [0.2, 0.25) is 0 Å². The molecule has 0 spiro atoms. The first-order chi connectivity index (χ1) is 18.0. The van der Waals surface area contributed by atoms with Gasteiger partial charge in [-0.25, -0.2) is 9.18 Å². The van der Waals surface area contributed by atoms with E-state index >= 15 is 4.39 Å². The van der Waals surface area contributed by atoms with Gasteiger partial charge in [0.25, 0.3) is 5.56 Å². The van der Waals surface area contributed by atoms with Crippen LogP contribution in [-0.4, -0.2) is 60.3 Å². The SMILES string of the molecule is CCOC(=O)c1cc(C2CC2)c2c(C)c(N3C[C@@H]4OCCN(Cc5ccccc5)[C@@H]4C3)c(F)cn2c1=O. The zero-order valence-corrected chi connectivity index (χ0v) is 21.3. The van der Waals surface area contributed by atoms with Crippen LogP contribution in [0.25, 0.3) is 5.52 Å². The van der Waals surface area contributed by atoms with Crippen LogP contribution in [0.15, 0.2) is 47.4 Å². The highest BCUT2D eigenvalue weighted by Gasteiger charge is 2.41. The average Bonchev–Trinajstić information content (AvgIpc) is 3.64. The quantitative estimate of drug-likeness (QED) is 0.474. The first kappa shape index (κ1) is 24.1. The van der Waals surface area contributed by atoms with Crippen molar-refractivity contribution in [3.63, 3.8) is 0 Å².